The molecule has 0 aromatic heterocycles. The second-order valence-corrected chi connectivity index (χ2v) is 5.57. The monoisotopic (exact) mass is 319 g/mol. The van der Waals surface area contributed by atoms with Crippen molar-refractivity contribution in [3.05, 3.63) is 35.1 Å². The number of hydrogen-bond acceptors (Lipinski definition) is 2. The van der Waals surface area contributed by atoms with Gasteiger partial charge in [-0.2, -0.15) is 13.2 Å². The number of nitrogens with one attached hydrogen (secondary N) is 1. The van der Waals surface area contributed by atoms with Gasteiger partial charge in [-0.05, 0) is 43.4 Å². The van der Waals surface area contributed by atoms with Gasteiger partial charge in [0.1, 0.15) is 5.82 Å². The zero-order chi connectivity index (χ0) is 16.3. The molecule has 1 aromatic rings. The first-order chi connectivity index (χ1) is 10.3. The van der Waals surface area contributed by atoms with Crippen LogP contribution in [0.5, 0.6) is 0 Å². The minimum absolute atomic E-state index is 0.00532. The fourth-order valence-corrected chi connectivity index (χ4v) is 2.77. The van der Waals surface area contributed by atoms with E-state index < -0.39 is 23.5 Å². The van der Waals surface area contributed by atoms with Gasteiger partial charge in [0.25, 0.3) is 0 Å². The average molecular weight is 319 g/mol. The third-order valence-corrected chi connectivity index (χ3v) is 4.03. The molecular weight excluding hydrogens is 302 g/mol. The highest BCUT2D eigenvalue weighted by Crippen LogP contribution is 2.33. The van der Waals surface area contributed by atoms with Crippen LogP contribution in [0.15, 0.2) is 18.2 Å². The van der Waals surface area contributed by atoms with Crippen molar-refractivity contribution in [3.8, 4) is 0 Å². The summed E-state index contributed by atoms with van der Waals surface area (Å²) in [6.45, 7) is -0.0163. The van der Waals surface area contributed by atoms with Crippen molar-refractivity contribution in [3.63, 3.8) is 0 Å². The summed E-state index contributed by atoms with van der Waals surface area (Å²) in [6, 6.07) is 2.63. The van der Waals surface area contributed by atoms with E-state index in [1.807, 2.05) is 0 Å². The summed E-state index contributed by atoms with van der Waals surface area (Å²) in [6.07, 6.45) is -2.34. The molecule has 0 bridgehead atoms. The van der Waals surface area contributed by atoms with Crippen molar-refractivity contribution in [2.75, 3.05) is 0 Å². The van der Waals surface area contributed by atoms with E-state index >= 15 is 0 Å². The Labute approximate surface area is 125 Å². The first-order valence-electron chi connectivity index (χ1n) is 7.09. The Kier molecular flexibility index (Phi) is 5.05. The van der Waals surface area contributed by atoms with E-state index in [-0.39, 0.29) is 24.1 Å². The molecule has 122 valence electrons. The molecule has 0 saturated heterocycles. The van der Waals surface area contributed by atoms with Crippen LogP contribution >= 0.6 is 0 Å². The van der Waals surface area contributed by atoms with E-state index in [1.54, 1.807) is 0 Å². The summed E-state index contributed by atoms with van der Waals surface area (Å²) in [5.74, 6) is -2.11. The van der Waals surface area contributed by atoms with Crippen LogP contribution in [-0.4, -0.2) is 17.1 Å². The Morgan fingerprint density at radius 2 is 1.86 bits per heavy atom. The SMILES string of the molecule is O=C(O)C1CCC(NCc2ccc(F)cc2C(F)(F)F)CC1. The molecule has 3 nitrogen and oxygen atoms in total. The summed E-state index contributed by atoms with van der Waals surface area (Å²) in [5, 5.41) is 11.9. The number of aliphatic carboxylic acids is 1. The topological polar surface area (TPSA) is 49.3 Å². The fourth-order valence-electron chi connectivity index (χ4n) is 2.77. The molecule has 0 aliphatic heterocycles. The van der Waals surface area contributed by atoms with Gasteiger partial charge in [0.05, 0.1) is 11.5 Å². The van der Waals surface area contributed by atoms with E-state index in [4.69, 9.17) is 5.11 Å². The standard InChI is InChI=1S/C15H17F4NO2/c16-11-4-1-10(13(7-11)15(17,18)19)8-20-12-5-2-9(3-6-12)14(21)22/h1,4,7,9,12,20H,2-3,5-6,8H2,(H,21,22). The fraction of sp³-hybridized carbons (Fsp3) is 0.533. The predicted octanol–water partition coefficient (Wildman–Crippen LogP) is 3.58. The lowest BCUT2D eigenvalue weighted by Gasteiger charge is -2.27. The van der Waals surface area contributed by atoms with Crippen molar-refractivity contribution in [2.45, 2.75) is 44.4 Å². The van der Waals surface area contributed by atoms with Crippen LogP contribution in [0.3, 0.4) is 0 Å². The van der Waals surface area contributed by atoms with E-state index in [9.17, 15) is 22.4 Å². The van der Waals surface area contributed by atoms with Gasteiger partial charge in [0.15, 0.2) is 0 Å². The number of rotatable bonds is 4. The molecular formula is C15H17F4NO2. The van der Waals surface area contributed by atoms with E-state index in [1.165, 1.54) is 0 Å². The molecule has 1 aliphatic carbocycles. The van der Waals surface area contributed by atoms with Gasteiger partial charge in [-0.25, -0.2) is 4.39 Å². The quantitative estimate of drug-likeness (QED) is 0.834. The predicted molar refractivity (Wildman–Crippen MR) is 71.6 cm³/mol. The maximum Gasteiger partial charge on any atom is 0.416 e. The Balaban J connectivity index is 1.97. The lowest BCUT2D eigenvalue weighted by Crippen LogP contribution is -2.35. The number of halogens is 4. The number of carbonyl (C=O) groups is 1. The molecule has 7 heteroatoms. The van der Waals surface area contributed by atoms with Gasteiger partial charge in [-0.15, -0.1) is 0 Å². The van der Waals surface area contributed by atoms with Gasteiger partial charge in [0.2, 0.25) is 0 Å². The van der Waals surface area contributed by atoms with Gasteiger partial charge in [0, 0.05) is 12.6 Å². The molecule has 0 amide bonds. The van der Waals surface area contributed by atoms with Crippen LogP contribution in [-0.2, 0) is 17.5 Å². The highest BCUT2D eigenvalue weighted by molar-refractivity contribution is 5.70. The number of carboxylic acids is 1. The van der Waals surface area contributed by atoms with Crippen LogP contribution in [0.4, 0.5) is 17.6 Å². The summed E-state index contributed by atoms with van der Waals surface area (Å²) < 4.78 is 51.6. The van der Waals surface area contributed by atoms with Crippen LogP contribution in [0, 0.1) is 11.7 Å². The Hall–Kier alpha value is -1.63. The number of alkyl halides is 3. The van der Waals surface area contributed by atoms with Crippen LogP contribution in [0.2, 0.25) is 0 Å². The lowest BCUT2D eigenvalue weighted by atomic mass is 9.86. The molecule has 0 atom stereocenters. The molecule has 2 N–H and O–H groups in total. The van der Waals surface area contributed by atoms with Gasteiger partial charge in [-0.3, -0.25) is 4.79 Å². The van der Waals surface area contributed by atoms with E-state index in [0.29, 0.717) is 31.7 Å². The number of benzene rings is 1. The highest BCUT2D eigenvalue weighted by Gasteiger charge is 2.34. The third-order valence-electron chi connectivity index (χ3n) is 4.03. The van der Waals surface area contributed by atoms with Gasteiger partial charge >= 0.3 is 12.1 Å². The zero-order valence-corrected chi connectivity index (χ0v) is 11.8. The van der Waals surface area contributed by atoms with Crippen molar-refractivity contribution in [1.29, 1.82) is 0 Å². The molecule has 1 saturated carbocycles. The maximum atomic E-state index is 13.0. The summed E-state index contributed by atoms with van der Waals surface area (Å²) >= 11 is 0. The zero-order valence-electron chi connectivity index (χ0n) is 11.8. The average Bonchev–Trinajstić information content (AvgIpc) is 2.45. The van der Waals surface area contributed by atoms with Gasteiger partial charge < -0.3 is 10.4 Å². The van der Waals surface area contributed by atoms with Crippen LogP contribution in [0.25, 0.3) is 0 Å². The van der Waals surface area contributed by atoms with Crippen LogP contribution in [0.1, 0.15) is 36.8 Å². The van der Waals surface area contributed by atoms with Crippen molar-refractivity contribution >= 4 is 5.97 Å². The van der Waals surface area contributed by atoms with Gasteiger partial charge in [-0.1, -0.05) is 6.07 Å². The van der Waals surface area contributed by atoms with E-state index in [0.717, 1.165) is 12.1 Å². The highest BCUT2D eigenvalue weighted by atomic mass is 19.4. The normalized spacial score (nSPS) is 22.5. The van der Waals surface area contributed by atoms with Crippen LogP contribution < -0.4 is 5.32 Å². The third kappa shape index (κ3) is 4.19. The summed E-state index contributed by atoms with van der Waals surface area (Å²) in [7, 11) is 0. The Bertz CT molecular complexity index is 537. The summed E-state index contributed by atoms with van der Waals surface area (Å²) in [4.78, 5) is 10.8. The largest absolute Gasteiger partial charge is 0.481 e. The molecule has 1 fully saturated rings. The molecule has 22 heavy (non-hydrogen) atoms. The minimum Gasteiger partial charge on any atom is -0.481 e. The van der Waals surface area contributed by atoms with Crippen molar-refractivity contribution in [1.82, 2.24) is 5.32 Å². The first kappa shape index (κ1) is 16.7. The molecule has 0 radical (unpaired) electrons. The minimum atomic E-state index is -4.60. The second-order valence-electron chi connectivity index (χ2n) is 5.57. The molecule has 0 spiro atoms. The molecule has 0 unspecified atom stereocenters. The number of hydrogen-bond donors (Lipinski definition) is 2. The second kappa shape index (κ2) is 6.64. The maximum absolute atomic E-state index is 13.0. The van der Waals surface area contributed by atoms with Crippen molar-refractivity contribution in [2.24, 2.45) is 5.92 Å². The summed E-state index contributed by atoms with van der Waals surface area (Å²) in [5.41, 5.74) is -0.978. The Morgan fingerprint density at radius 1 is 1.23 bits per heavy atom. The molecule has 1 aliphatic rings. The number of carboxylic acid groups (broad SMARTS) is 1. The molecule has 1 aromatic carbocycles. The molecule has 2 rings (SSSR count). The van der Waals surface area contributed by atoms with E-state index in [2.05, 4.69) is 5.32 Å². The Morgan fingerprint density at radius 3 is 2.41 bits per heavy atom. The molecule has 0 heterocycles. The van der Waals surface area contributed by atoms with Crippen molar-refractivity contribution < 1.29 is 27.5 Å². The smallest absolute Gasteiger partial charge is 0.416 e. The lowest BCUT2D eigenvalue weighted by molar-refractivity contribution is -0.143. The first-order valence-corrected chi connectivity index (χ1v) is 7.09.